The van der Waals surface area contributed by atoms with E-state index in [1.54, 1.807) is 11.1 Å². The molecule has 10 rings (SSSR count). The summed E-state index contributed by atoms with van der Waals surface area (Å²) in [4.78, 5) is 15.6. The second-order valence-corrected chi connectivity index (χ2v) is 18.9. The molecule has 1 aromatic carbocycles. The molecule has 0 bridgehead atoms. The van der Waals surface area contributed by atoms with Gasteiger partial charge in [0, 0.05) is 16.9 Å². The molecule has 2 aromatic rings. The fraction of sp³-hybridized carbons (Fsp3) is 0.442. The van der Waals surface area contributed by atoms with Gasteiger partial charge in [-0.3, -0.25) is 0 Å². The Kier molecular flexibility index (Phi) is 8.54. The third-order valence-corrected chi connectivity index (χ3v) is 14.9. The van der Waals surface area contributed by atoms with Crippen LogP contribution in [0, 0.1) is 35.0 Å². The molecule has 0 amide bonds. The Morgan fingerprint density at radius 3 is 2.33 bits per heavy atom. The number of nitrogens with zero attached hydrogens (tertiary/aromatic N) is 3. The molecule has 1 saturated carbocycles. The second kappa shape index (κ2) is 13.4. The predicted octanol–water partition coefficient (Wildman–Crippen LogP) is 13.1. The van der Waals surface area contributed by atoms with E-state index in [9.17, 15) is 0 Å². The summed E-state index contributed by atoms with van der Waals surface area (Å²) in [6.07, 6.45) is 42.3. The Labute approximate surface area is 329 Å². The van der Waals surface area contributed by atoms with Crippen molar-refractivity contribution in [3.63, 3.8) is 0 Å². The van der Waals surface area contributed by atoms with E-state index >= 15 is 0 Å². The Morgan fingerprint density at radius 1 is 0.745 bits per heavy atom. The lowest BCUT2D eigenvalue weighted by Gasteiger charge is -2.30. The molecule has 0 radical (unpaired) electrons. The average Bonchev–Trinajstić information content (AvgIpc) is 3.59. The normalized spacial score (nSPS) is 31.1. The number of allylic oxidation sites excluding steroid dienone is 20. The molecule has 3 nitrogen and oxygen atoms in total. The molecule has 1 aromatic heterocycles. The number of hydrogen-bond acceptors (Lipinski definition) is 3. The van der Waals surface area contributed by atoms with Crippen molar-refractivity contribution in [2.45, 2.75) is 110 Å². The van der Waals surface area contributed by atoms with Crippen LogP contribution in [0.15, 0.2) is 114 Å². The SMILES string of the molecule is CC1C=CC2=C(C1)C(C)(C)c1cc(C3CC=C(c4nc(C5=CCC(C6=CCC7C(=C6)C(C)(C)C6C=CC=C[C@@H]76)C=C5)nc(C5=CCCCC5)n4)CC3)ccc12. The number of rotatable bonds is 5. The van der Waals surface area contributed by atoms with Crippen LogP contribution in [0.1, 0.15) is 139 Å². The van der Waals surface area contributed by atoms with Gasteiger partial charge in [0.25, 0.3) is 0 Å². The van der Waals surface area contributed by atoms with Crippen molar-refractivity contribution in [2.24, 2.45) is 35.0 Å². The highest BCUT2D eigenvalue weighted by Crippen LogP contribution is 2.59. The van der Waals surface area contributed by atoms with E-state index in [-0.39, 0.29) is 10.8 Å². The van der Waals surface area contributed by atoms with E-state index in [0.29, 0.717) is 35.5 Å². The van der Waals surface area contributed by atoms with E-state index in [0.717, 1.165) is 68.0 Å². The van der Waals surface area contributed by atoms with Gasteiger partial charge in [0.2, 0.25) is 0 Å². The van der Waals surface area contributed by atoms with Crippen molar-refractivity contribution in [1.82, 2.24) is 15.0 Å². The molecular formula is C52H57N3. The van der Waals surface area contributed by atoms with Gasteiger partial charge in [-0.2, -0.15) is 0 Å². The van der Waals surface area contributed by atoms with Crippen LogP contribution < -0.4 is 0 Å². The van der Waals surface area contributed by atoms with Crippen LogP contribution in [-0.4, -0.2) is 15.0 Å². The van der Waals surface area contributed by atoms with Gasteiger partial charge in [-0.25, -0.2) is 15.0 Å². The highest BCUT2D eigenvalue weighted by Gasteiger charge is 2.50. The zero-order valence-corrected chi connectivity index (χ0v) is 33.6. The maximum absolute atomic E-state index is 5.24. The van der Waals surface area contributed by atoms with E-state index in [4.69, 9.17) is 15.0 Å². The molecule has 1 fully saturated rings. The zero-order chi connectivity index (χ0) is 37.5. The second-order valence-electron chi connectivity index (χ2n) is 18.9. The fourth-order valence-corrected chi connectivity index (χ4v) is 11.6. The van der Waals surface area contributed by atoms with Crippen LogP contribution in [0.2, 0.25) is 0 Å². The van der Waals surface area contributed by atoms with Crippen LogP contribution in [0.3, 0.4) is 0 Å². The minimum atomic E-state index is 0.0952. The van der Waals surface area contributed by atoms with Gasteiger partial charge in [0.15, 0.2) is 17.5 Å². The van der Waals surface area contributed by atoms with Gasteiger partial charge in [-0.15, -0.1) is 0 Å². The number of benzene rings is 1. The summed E-state index contributed by atoms with van der Waals surface area (Å²) in [5, 5.41) is 0. The average molecular weight is 724 g/mol. The predicted molar refractivity (Wildman–Crippen MR) is 229 cm³/mol. The molecule has 0 aliphatic heterocycles. The summed E-state index contributed by atoms with van der Waals surface area (Å²) >= 11 is 0. The molecule has 8 aliphatic carbocycles. The highest BCUT2D eigenvalue weighted by atomic mass is 15.0. The van der Waals surface area contributed by atoms with Crippen molar-refractivity contribution < 1.29 is 0 Å². The largest absolute Gasteiger partial charge is 0.209 e. The Balaban J connectivity index is 0.895. The number of aromatic nitrogens is 3. The Bertz CT molecular complexity index is 2270. The van der Waals surface area contributed by atoms with Crippen molar-refractivity contribution in [3.05, 3.63) is 148 Å². The van der Waals surface area contributed by atoms with Gasteiger partial charge < -0.3 is 0 Å². The van der Waals surface area contributed by atoms with Crippen LogP contribution in [-0.2, 0) is 5.41 Å². The molecule has 1 heterocycles. The molecule has 0 N–H and O–H groups in total. The van der Waals surface area contributed by atoms with Gasteiger partial charge >= 0.3 is 0 Å². The molecule has 6 atom stereocenters. The summed E-state index contributed by atoms with van der Waals surface area (Å²) in [5.74, 6) is 6.00. The standard InChI is InChI=1S/C52H57N3/c1-32-15-26-41-43-28-25-39(31-47(43)52(4,5)45(41)29-32)34-18-22-37(23-19-34)50-54-48(35-11-7-6-8-12-35)53-49(55-50)36-20-16-33(17-21-36)38-24-27-42-40-13-9-10-14-44(40)51(2,3)46(42)30-38/h9-11,13-16,20-22,24-26,28,30-34,40,42,44H,6-8,12,17-19,23,27,29H2,1-5H3/t32?,33?,34?,40-,42?,44?/m0/s1. The molecule has 280 valence electrons. The summed E-state index contributed by atoms with van der Waals surface area (Å²) in [6.45, 7) is 12.2. The van der Waals surface area contributed by atoms with Crippen LogP contribution in [0.25, 0.3) is 22.3 Å². The fourth-order valence-electron chi connectivity index (χ4n) is 11.6. The first-order valence-electron chi connectivity index (χ1n) is 21.5. The summed E-state index contributed by atoms with van der Waals surface area (Å²) in [6, 6.07) is 7.38. The first-order chi connectivity index (χ1) is 26.6. The van der Waals surface area contributed by atoms with Gasteiger partial charge in [-0.1, -0.05) is 143 Å². The van der Waals surface area contributed by atoms with E-state index in [1.165, 1.54) is 58.2 Å². The first kappa shape index (κ1) is 35.1. The maximum Gasteiger partial charge on any atom is 0.163 e. The Morgan fingerprint density at radius 2 is 1.56 bits per heavy atom. The van der Waals surface area contributed by atoms with Gasteiger partial charge in [-0.05, 0) is 138 Å². The van der Waals surface area contributed by atoms with Crippen LogP contribution in [0.5, 0.6) is 0 Å². The smallest absolute Gasteiger partial charge is 0.163 e. The molecule has 55 heavy (non-hydrogen) atoms. The zero-order valence-electron chi connectivity index (χ0n) is 33.6. The lowest BCUT2D eigenvalue weighted by Crippen LogP contribution is -2.21. The quantitative estimate of drug-likeness (QED) is 0.308. The molecular weight excluding hydrogens is 667 g/mol. The lowest BCUT2D eigenvalue weighted by molar-refractivity contribution is 0.321. The summed E-state index contributed by atoms with van der Waals surface area (Å²) in [5.41, 5.74) is 14.7. The van der Waals surface area contributed by atoms with Crippen LogP contribution in [0.4, 0.5) is 0 Å². The number of hydrogen-bond donors (Lipinski definition) is 0. The molecule has 0 spiro atoms. The third-order valence-electron chi connectivity index (χ3n) is 14.9. The molecule has 8 aliphatic rings. The maximum atomic E-state index is 5.24. The van der Waals surface area contributed by atoms with E-state index in [1.807, 2.05) is 0 Å². The molecule has 0 saturated heterocycles. The minimum Gasteiger partial charge on any atom is -0.209 e. The highest BCUT2D eigenvalue weighted by molar-refractivity contribution is 5.87. The lowest BCUT2D eigenvalue weighted by atomic mass is 9.74. The van der Waals surface area contributed by atoms with Crippen molar-refractivity contribution in [2.75, 3.05) is 0 Å². The van der Waals surface area contributed by atoms with Gasteiger partial charge in [0.05, 0.1) is 0 Å². The molecule has 3 heteroatoms. The van der Waals surface area contributed by atoms with Gasteiger partial charge in [0.1, 0.15) is 0 Å². The van der Waals surface area contributed by atoms with Crippen molar-refractivity contribution in [1.29, 1.82) is 0 Å². The summed E-state index contributed by atoms with van der Waals surface area (Å²) < 4.78 is 0. The Hall–Kier alpha value is -4.37. The summed E-state index contributed by atoms with van der Waals surface area (Å²) in [7, 11) is 0. The van der Waals surface area contributed by atoms with E-state index in [2.05, 4.69) is 132 Å². The van der Waals surface area contributed by atoms with Crippen molar-refractivity contribution in [3.8, 4) is 0 Å². The molecule has 5 unspecified atom stereocenters. The monoisotopic (exact) mass is 723 g/mol. The van der Waals surface area contributed by atoms with Crippen molar-refractivity contribution >= 4 is 22.3 Å². The minimum absolute atomic E-state index is 0.0952. The number of fused-ring (bicyclic) bond motifs is 5. The van der Waals surface area contributed by atoms with Crippen LogP contribution >= 0.6 is 0 Å². The van der Waals surface area contributed by atoms with E-state index < -0.39 is 0 Å². The topological polar surface area (TPSA) is 38.7 Å². The third kappa shape index (κ3) is 5.94. The first-order valence-corrected chi connectivity index (χ1v) is 21.5.